The molecule has 2 atom stereocenters. The zero-order valence-corrected chi connectivity index (χ0v) is 14.2. The maximum absolute atomic E-state index is 12.4. The van der Waals surface area contributed by atoms with Crippen LogP contribution in [0.25, 0.3) is 0 Å². The molecule has 0 heterocycles. The maximum Gasteiger partial charge on any atom is 0.261 e. The number of amides is 2. The predicted molar refractivity (Wildman–Crippen MR) is 95.1 cm³/mol. The van der Waals surface area contributed by atoms with Crippen molar-refractivity contribution in [1.29, 1.82) is 0 Å². The van der Waals surface area contributed by atoms with E-state index in [1.807, 2.05) is 18.2 Å². The van der Waals surface area contributed by atoms with Crippen molar-refractivity contribution in [3.63, 3.8) is 0 Å². The highest BCUT2D eigenvalue weighted by Crippen LogP contribution is 2.26. The fourth-order valence-corrected chi connectivity index (χ4v) is 3.10. The van der Waals surface area contributed by atoms with Gasteiger partial charge >= 0.3 is 0 Å². The second kappa shape index (κ2) is 7.38. The van der Waals surface area contributed by atoms with E-state index in [-0.39, 0.29) is 5.91 Å². The molecule has 1 aliphatic rings. The van der Waals surface area contributed by atoms with Crippen LogP contribution in [-0.4, -0.2) is 17.9 Å². The smallest absolute Gasteiger partial charge is 0.261 e. The number of carbonyl (C=O) groups is 2. The quantitative estimate of drug-likeness (QED) is 0.848. The van der Waals surface area contributed by atoms with Crippen LogP contribution in [0.3, 0.4) is 0 Å². The third-order valence-electron chi connectivity index (χ3n) is 4.46. The van der Waals surface area contributed by atoms with Crippen molar-refractivity contribution in [2.45, 2.75) is 38.3 Å². The minimum absolute atomic E-state index is 0.381. The van der Waals surface area contributed by atoms with E-state index in [9.17, 15) is 9.59 Å². The Balaban J connectivity index is 1.66. The summed E-state index contributed by atoms with van der Waals surface area (Å²) >= 11 is 0. The van der Waals surface area contributed by atoms with Crippen LogP contribution >= 0.6 is 0 Å². The van der Waals surface area contributed by atoms with Crippen LogP contribution in [0.2, 0.25) is 0 Å². The molecule has 0 aromatic heterocycles. The van der Waals surface area contributed by atoms with Crippen molar-refractivity contribution in [3.05, 3.63) is 65.2 Å². The lowest BCUT2D eigenvalue weighted by Gasteiger charge is -2.20. The Morgan fingerprint density at radius 3 is 2.52 bits per heavy atom. The number of hydrogen-bond acceptors (Lipinski definition) is 3. The molecule has 130 valence electrons. The molecular formula is C20H22N2O3. The van der Waals surface area contributed by atoms with Gasteiger partial charge in [0.15, 0.2) is 6.10 Å². The molecular weight excluding hydrogens is 316 g/mol. The number of benzene rings is 2. The Bertz CT molecular complexity index is 774. The number of nitrogens with two attached hydrogens (primary N) is 1. The summed E-state index contributed by atoms with van der Waals surface area (Å²) in [5.41, 5.74) is 8.71. The van der Waals surface area contributed by atoms with Gasteiger partial charge < -0.3 is 15.8 Å². The number of carbonyl (C=O) groups excluding carboxylic acids is 2. The van der Waals surface area contributed by atoms with Crippen molar-refractivity contribution in [3.8, 4) is 5.75 Å². The number of fused-ring (bicyclic) bond motifs is 1. The molecule has 0 saturated heterocycles. The molecule has 1 aliphatic carbocycles. The van der Waals surface area contributed by atoms with Gasteiger partial charge in [0.05, 0.1) is 0 Å². The summed E-state index contributed by atoms with van der Waals surface area (Å²) in [5, 5.41) is 2.67. The average Bonchev–Trinajstić information content (AvgIpc) is 3.07. The highest BCUT2D eigenvalue weighted by atomic mass is 16.5. The maximum atomic E-state index is 12.4. The number of hydrogen-bond donors (Lipinski definition) is 2. The first-order valence-corrected chi connectivity index (χ1v) is 8.47. The van der Waals surface area contributed by atoms with Crippen molar-refractivity contribution < 1.29 is 14.3 Å². The van der Waals surface area contributed by atoms with Crippen LogP contribution in [0.5, 0.6) is 5.75 Å². The first-order chi connectivity index (χ1) is 12.0. The molecule has 5 nitrogen and oxygen atoms in total. The molecule has 0 bridgehead atoms. The van der Waals surface area contributed by atoms with Gasteiger partial charge in [0.2, 0.25) is 5.91 Å². The van der Waals surface area contributed by atoms with Crippen molar-refractivity contribution in [1.82, 2.24) is 5.32 Å². The van der Waals surface area contributed by atoms with E-state index < -0.39 is 18.1 Å². The van der Waals surface area contributed by atoms with E-state index in [2.05, 4.69) is 11.4 Å². The number of nitrogens with one attached hydrogen (secondary N) is 1. The fraction of sp³-hybridized carbons (Fsp3) is 0.300. The normalized spacial score (nSPS) is 15.1. The minimum Gasteiger partial charge on any atom is -0.481 e. The molecule has 3 N–H and O–H groups in total. The average molecular weight is 338 g/mol. The van der Waals surface area contributed by atoms with Gasteiger partial charge in [0, 0.05) is 0 Å². The molecule has 2 amide bonds. The Morgan fingerprint density at radius 1 is 1.08 bits per heavy atom. The third-order valence-corrected chi connectivity index (χ3v) is 4.46. The fourth-order valence-electron chi connectivity index (χ4n) is 3.10. The molecule has 0 radical (unpaired) electrons. The minimum atomic E-state index is -0.875. The zero-order valence-electron chi connectivity index (χ0n) is 14.2. The highest BCUT2D eigenvalue weighted by molar-refractivity contribution is 5.89. The summed E-state index contributed by atoms with van der Waals surface area (Å²) in [6, 6.07) is 14.0. The number of ether oxygens (including phenoxy) is 1. The SMILES string of the molecule is CC(Oc1ccc2c(c1)CCC2)C(=O)NC(C(N)=O)c1ccccc1. The molecule has 25 heavy (non-hydrogen) atoms. The molecule has 0 fully saturated rings. The van der Waals surface area contributed by atoms with Gasteiger partial charge in [-0.25, -0.2) is 0 Å². The van der Waals surface area contributed by atoms with E-state index in [1.54, 1.807) is 31.2 Å². The van der Waals surface area contributed by atoms with Crippen molar-refractivity contribution >= 4 is 11.8 Å². The molecule has 2 aromatic carbocycles. The molecule has 2 unspecified atom stereocenters. The second-order valence-corrected chi connectivity index (χ2v) is 6.30. The van der Waals surface area contributed by atoms with Crippen molar-refractivity contribution in [2.24, 2.45) is 5.73 Å². The van der Waals surface area contributed by atoms with Crippen LogP contribution in [0.15, 0.2) is 48.5 Å². The van der Waals surface area contributed by atoms with Crippen LogP contribution in [0, 0.1) is 0 Å². The summed E-state index contributed by atoms with van der Waals surface area (Å²) in [6.07, 6.45) is 2.57. The van der Waals surface area contributed by atoms with Gasteiger partial charge in [-0.3, -0.25) is 9.59 Å². The number of rotatable bonds is 6. The lowest BCUT2D eigenvalue weighted by molar-refractivity contribution is -0.131. The van der Waals surface area contributed by atoms with E-state index in [1.165, 1.54) is 11.1 Å². The van der Waals surface area contributed by atoms with Crippen LogP contribution in [0.1, 0.15) is 36.1 Å². The van der Waals surface area contributed by atoms with E-state index in [0.29, 0.717) is 11.3 Å². The van der Waals surface area contributed by atoms with Gasteiger partial charge in [-0.15, -0.1) is 0 Å². The van der Waals surface area contributed by atoms with Crippen LogP contribution in [-0.2, 0) is 22.4 Å². The highest BCUT2D eigenvalue weighted by Gasteiger charge is 2.24. The zero-order chi connectivity index (χ0) is 17.8. The van der Waals surface area contributed by atoms with Gasteiger partial charge in [0.1, 0.15) is 11.8 Å². The van der Waals surface area contributed by atoms with Gasteiger partial charge in [0.25, 0.3) is 5.91 Å². The largest absolute Gasteiger partial charge is 0.481 e. The molecule has 0 saturated carbocycles. The molecule has 0 spiro atoms. The summed E-state index contributed by atoms with van der Waals surface area (Å²) in [4.78, 5) is 24.1. The summed E-state index contributed by atoms with van der Waals surface area (Å²) in [6.45, 7) is 1.66. The monoisotopic (exact) mass is 338 g/mol. The van der Waals surface area contributed by atoms with E-state index >= 15 is 0 Å². The number of aryl methyl sites for hydroxylation is 2. The molecule has 0 aliphatic heterocycles. The molecule has 2 aromatic rings. The van der Waals surface area contributed by atoms with Gasteiger partial charge in [-0.1, -0.05) is 36.4 Å². The lowest BCUT2D eigenvalue weighted by Crippen LogP contribution is -2.43. The third kappa shape index (κ3) is 3.99. The second-order valence-electron chi connectivity index (χ2n) is 6.30. The van der Waals surface area contributed by atoms with Gasteiger partial charge in [-0.2, -0.15) is 0 Å². The van der Waals surface area contributed by atoms with Crippen LogP contribution < -0.4 is 15.8 Å². The Morgan fingerprint density at radius 2 is 1.80 bits per heavy atom. The summed E-state index contributed by atoms with van der Waals surface area (Å²) in [7, 11) is 0. The Kier molecular flexibility index (Phi) is 5.03. The first-order valence-electron chi connectivity index (χ1n) is 8.47. The van der Waals surface area contributed by atoms with Crippen molar-refractivity contribution in [2.75, 3.05) is 0 Å². The Labute approximate surface area is 147 Å². The van der Waals surface area contributed by atoms with Crippen LogP contribution in [0.4, 0.5) is 0 Å². The summed E-state index contributed by atoms with van der Waals surface area (Å²) < 4.78 is 5.75. The lowest BCUT2D eigenvalue weighted by atomic mass is 10.1. The first kappa shape index (κ1) is 17.0. The molecule has 3 rings (SSSR count). The van der Waals surface area contributed by atoms with E-state index in [0.717, 1.165) is 19.3 Å². The standard InChI is InChI=1S/C20H22N2O3/c1-13(25-17-11-10-14-8-5-9-16(14)12-17)20(24)22-18(19(21)23)15-6-3-2-4-7-15/h2-4,6-7,10-13,18H,5,8-9H2,1H3,(H2,21,23)(H,22,24). The topological polar surface area (TPSA) is 81.4 Å². The van der Waals surface area contributed by atoms with Gasteiger partial charge in [-0.05, 0) is 55.0 Å². The van der Waals surface area contributed by atoms with E-state index in [4.69, 9.17) is 10.5 Å². The molecule has 5 heteroatoms. The Hall–Kier alpha value is -2.82. The predicted octanol–water partition coefficient (Wildman–Crippen LogP) is 2.29. The summed E-state index contributed by atoms with van der Waals surface area (Å²) in [5.74, 6) is -0.323. The number of primary amides is 1.